The highest BCUT2D eigenvalue weighted by molar-refractivity contribution is 7.91. The van der Waals surface area contributed by atoms with E-state index in [0.29, 0.717) is 38.3 Å². The Bertz CT molecular complexity index is 1210. The minimum Gasteiger partial charge on any atom is -0.454 e. The van der Waals surface area contributed by atoms with Gasteiger partial charge in [-0.2, -0.15) is 5.10 Å². The molecule has 0 bridgehead atoms. The van der Waals surface area contributed by atoms with Gasteiger partial charge in [-0.15, -0.1) is 0 Å². The van der Waals surface area contributed by atoms with Crippen LogP contribution in [0.2, 0.25) is 0 Å². The molecule has 9 nitrogen and oxygen atoms in total. The van der Waals surface area contributed by atoms with Gasteiger partial charge in [-0.1, -0.05) is 6.07 Å². The molecule has 4 heterocycles. The number of rotatable bonds is 4. The maximum absolute atomic E-state index is 12.7. The van der Waals surface area contributed by atoms with Crippen LogP contribution in [0.25, 0.3) is 6.08 Å². The van der Waals surface area contributed by atoms with Gasteiger partial charge in [-0.25, -0.2) is 8.42 Å². The van der Waals surface area contributed by atoms with Gasteiger partial charge in [0.1, 0.15) is 0 Å². The van der Waals surface area contributed by atoms with E-state index in [0.717, 1.165) is 28.4 Å². The summed E-state index contributed by atoms with van der Waals surface area (Å²) in [6, 6.07) is 5.51. The Morgan fingerprint density at radius 3 is 2.61 bits per heavy atom. The third kappa shape index (κ3) is 4.31. The first kappa shape index (κ1) is 21.8. The Hall–Kier alpha value is -3.01. The Morgan fingerprint density at radius 1 is 1.12 bits per heavy atom. The number of hydrogen-bond donors (Lipinski definition) is 0. The van der Waals surface area contributed by atoms with E-state index in [1.54, 1.807) is 12.2 Å². The van der Waals surface area contributed by atoms with Crippen molar-refractivity contribution in [3.05, 3.63) is 41.2 Å². The highest BCUT2D eigenvalue weighted by Crippen LogP contribution is 2.33. The predicted molar refractivity (Wildman–Crippen MR) is 124 cm³/mol. The lowest BCUT2D eigenvalue weighted by atomic mass is 10.2. The number of anilines is 1. The number of aromatic nitrogens is 2. The molecule has 176 valence electrons. The van der Waals surface area contributed by atoms with Gasteiger partial charge < -0.3 is 19.3 Å². The molecule has 5 rings (SSSR count). The van der Waals surface area contributed by atoms with Gasteiger partial charge in [-0.05, 0) is 44.0 Å². The molecule has 3 aliphatic heterocycles. The summed E-state index contributed by atoms with van der Waals surface area (Å²) in [4.78, 5) is 16.8. The number of fused-ring (bicyclic) bond motifs is 1. The number of carbonyl (C=O) groups excluding carboxylic acids is 1. The van der Waals surface area contributed by atoms with Gasteiger partial charge in [0.25, 0.3) is 0 Å². The summed E-state index contributed by atoms with van der Waals surface area (Å²) in [5.41, 5.74) is 3.84. The fourth-order valence-corrected chi connectivity index (χ4v) is 6.57. The normalized spacial score (nSPS) is 21.8. The fourth-order valence-electron chi connectivity index (χ4n) is 4.88. The monoisotopic (exact) mass is 472 g/mol. The van der Waals surface area contributed by atoms with Crippen LogP contribution < -0.4 is 14.4 Å². The molecule has 33 heavy (non-hydrogen) atoms. The van der Waals surface area contributed by atoms with Crippen LogP contribution in [0, 0.1) is 13.8 Å². The Labute approximate surface area is 193 Å². The number of hydrogen-bond acceptors (Lipinski definition) is 7. The van der Waals surface area contributed by atoms with Crippen molar-refractivity contribution in [1.82, 2.24) is 14.7 Å². The molecule has 1 unspecified atom stereocenters. The topological polar surface area (TPSA) is 94.0 Å². The van der Waals surface area contributed by atoms with Crippen LogP contribution in [0.3, 0.4) is 0 Å². The summed E-state index contributed by atoms with van der Waals surface area (Å²) < 4.78 is 36.4. The molecule has 1 atom stereocenters. The standard InChI is InChI=1S/C23H28N4O5S/c1-16-23(17(2)27(24-16)19-7-12-33(29,30)14-19)26-10-8-25(9-11-26)22(28)6-4-18-3-5-20-21(13-18)32-15-31-20/h3-6,13,19H,7-12,14-15H2,1-2H3/b6-4+. The Balaban J connectivity index is 1.22. The molecule has 0 saturated carbocycles. The van der Waals surface area contributed by atoms with Crippen LogP contribution in [0.1, 0.15) is 29.4 Å². The Kier molecular flexibility index (Phi) is 5.55. The number of piperazine rings is 1. The third-order valence-electron chi connectivity index (χ3n) is 6.56. The van der Waals surface area contributed by atoms with E-state index >= 15 is 0 Å². The summed E-state index contributed by atoms with van der Waals surface area (Å²) in [6.07, 6.45) is 4.01. The molecule has 1 amide bonds. The zero-order valence-corrected chi connectivity index (χ0v) is 19.7. The average Bonchev–Trinajstić information content (AvgIpc) is 3.48. The molecule has 0 N–H and O–H groups in total. The van der Waals surface area contributed by atoms with Crippen molar-refractivity contribution in [2.75, 3.05) is 49.4 Å². The van der Waals surface area contributed by atoms with E-state index in [4.69, 9.17) is 9.47 Å². The molecule has 2 fully saturated rings. The summed E-state index contributed by atoms with van der Waals surface area (Å²) in [5.74, 6) is 1.78. The quantitative estimate of drug-likeness (QED) is 0.628. The van der Waals surface area contributed by atoms with E-state index in [1.807, 2.05) is 41.6 Å². The van der Waals surface area contributed by atoms with Crippen LogP contribution >= 0.6 is 0 Å². The largest absolute Gasteiger partial charge is 0.454 e. The lowest BCUT2D eigenvalue weighted by molar-refractivity contribution is -0.126. The van der Waals surface area contributed by atoms with Gasteiger partial charge in [0.05, 0.1) is 34.6 Å². The molecule has 2 saturated heterocycles. The average molecular weight is 473 g/mol. The van der Waals surface area contributed by atoms with Gasteiger partial charge >= 0.3 is 0 Å². The van der Waals surface area contributed by atoms with E-state index in [1.165, 1.54) is 0 Å². The highest BCUT2D eigenvalue weighted by atomic mass is 32.2. The number of nitrogens with zero attached hydrogens (tertiary/aromatic N) is 4. The SMILES string of the molecule is Cc1nn(C2CCS(=O)(=O)C2)c(C)c1N1CCN(C(=O)/C=C/c2ccc3c(c2)OCO3)CC1. The molecule has 0 spiro atoms. The second-order valence-corrected chi connectivity index (χ2v) is 11.0. The van der Waals surface area contributed by atoms with Crippen LogP contribution in [0.15, 0.2) is 24.3 Å². The van der Waals surface area contributed by atoms with Gasteiger partial charge in [0.2, 0.25) is 12.7 Å². The molecule has 2 aromatic rings. The minimum atomic E-state index is -2.97. The molecule has 0 radical (unpaired) electrons. The van der Waals surface area contributed by atoms with Gasteiger partial charge in [-0.3, -0.25) is 9.48 Å². The van der Waals surface area contributed by atoms with Crippen LogP contribution in [0.4, 0.5) is 5.69 Å². The van der Waals surface area contributed by atoms with Crippen molar-refractivity contribution >= 4 is 27.5 Å². The lowest BCUT2D eigenvalue weighted by Crippen LogP contribution is -2.48. The Morgan fingerprint density at radius 2 is 1.88 bits per heavy atom. The maximum Gasteiger partial charge on any atom is 0.246 e. The summed E-state index contributed by atoms with van der Waals surface area (Å²) in [7, 11) is -2.97. The van der Waals surface area contributed by atoms with E-state index in [2.05, 4.69) is 10.00 Å². The molecule has 1 aromatic heterocycles. The molecular weight excluding hydrogens is 444 g/mol. The van der Waals surface area contributed by atoms with E-state index < -0.39 is 9.84 Å². The summed E-state index contributed by atoms with van der Waals surface area (Å²) >= 11 is 0. The second kappa shape index (κ2) is 8.40. The van der Waals surface area contributed by atoms with Crippen LogP contribution in [-0.2, 0) is 14.6 Å². The van der Waals surface area contributed by atoms with Crippen molar-refractivity contribution < 1.29 is 22.7 Å². The minimum absolute atomic E-state index is 0.0207. The molecule has 10 heteroatoms. The third-order valence-corrected chi connectivity index (χ3v) is 8.31. The smallest absolute Gasteiger partial charge is 0.246 e. The number of sulfone groups is 1. The predicted octanol–water partition coefficient (Wildman–Crippen LogP) is 1.95. The number of ether oxygens (including phenoxy) is 2. The maximum atomic E-state index is 12.7. The van der Waals surface area contributed by atoms with Crippen molar-refractivity contribution in [3.8, 4) is 11.5 Å². The summed E-state index contributed by atoms with van der Waals surface area (Å²) in [5, 5.41) is 4.67. The molecule has 1 aromatic carbocycles. The number of carbonyl (C=O) groups is 1. The highest BCUT2D eigenvalue weighted by Gasteiger charge is 2.33. The van der Waals surface area contributed by atoms with E-state index in [-0.39, 0.29) is 30.2 Å². The van der Waals surface area contributed by atoms with Crippen LogP contribution in [0.5, 0.6) is 11.5 Å². The number of benzene rings is 1. The first-order chi connectivity index (χ1) is 15.8. The first-order valence-corrected chi connectivity index (χ1v) is 13.0. The zero-order chi connectivity index (χ0) is 23.2. The van der Waals surface area contributed by atoms with Crippen LogP contribution in [-0.4, -0.2) is 73.5 Å². The van der Waals surface area contributed by atoms with Gasteiger partial charge in [0.15, 0.2) is 21.3 Å². The van der Waals surface area contributed by atoms with Crippen molar-refractivity contribution in [2.24, 2.45) is 0 Å². The van der Waals surface area contributed by atoms with Gasteiger partial charge in [0, 0.05) is 32.3 Å². The van der Waals surface area contributed by atoms with Crippen molar-refractivity contribution in [3.63, 3.8) is 0 Å². The zero-order valence-electron chi connectivity index (χ0n) is 18.9. The number of aryl methyl sites for hydroxylation is 1. The lowest BCUT2D eigenvalue weighted by Gasteiger charge is -2.35. The first-order valence-electron chi connectivity index (χ1n) is 11.2. The summed E-state index contributed by atoms with van der Waals surface area (Å²) in [6.45, 7) is 6.85. The molecule has 3 aliphatic rings. The second-order valence-electron chi connectivity index (χ2n) is 8.78. The van der Waals surface area contributed by atoms with Crippen molar-refractivity contribution in [1.29, 1.82) is 0 Å². The molecular formula is C23H28N4O5S. The van der Waals surface area contributed by atoms with Crippen molar-refractivity contribution in [2.45, 2.75) is 26.3 Å². The number of amides is 1. The molecule has 0 aliphatic carbocycles. The van der Waals surface area contributed by atoms with E-state index in [9.17, 15) is 13.2 Å². The fraction of sp³-hybridized carbons (Fsp3) is 0.478.